The van der Waals surface area contributed by atoms with Crippen molar-refractivity contribution in [3.05, 3.63) is 36.4 Å². The second-order valence-electron chi connectivity index (χ2n) is 5.05. The molecule has 0 saturated carbocycles. The van der Waals surface area contributed by atoms with Gasteiger partial charge in [0.25, 0.3) is 0 Å². The largest absolute Gasteiger partial charge is 0.493 e. The Hall–Kier alpha value is -1.77. The molecule has 0 radical (unpaired) electrons. The minimum atomic E-state index is 0. The Morgan fingerprint density at radius 2 is 2.20 bits per heavy atom. The Balaban J connectivity index is 0.00000312. The van der Waals surface area contributed by atoms with Gasteiger partial charge in [0, 0.05) is 19.3 Å². The molecule has 1 N–H and O–H groups in total. The van der Waals surface area contributed by atoms with Crippen LogP contribution >= 0.6 is 24.2 Å². The number of hydrogen-bond donors (Lipinski definition) is 1. The van der Waals surface area contributed by atoms with Crippen molar-refractivity contribution in [2.75, 3.05) is 26.0 Å². The Morgan fingerprint density at radius 1 is 1.36 bits per heavy atom. The lowest BCUT2D eigenvalue weighted by molar-refractivity contribution is 0.326. The zero-order valence-electron chi connectivity index (χ0n) is 14.5. The van der Waals surface area contributed by atoms with Gasteiger partial charge >= 0.3 is 0 Å². The molecule has 7 nitrogen and oxygen atoms in total. The Bertz CT molecular complexity index is 653. The highest BCUT2D eigenvalue weighted by Crippen LogP contribution is 2.28. The Kier molecular flexibility index (Phi) is 9.98. The number of benzene rings is 1. The molecule has 2 rings (SSSR count). The van der Waals surface area contributed by atoms with Crippen LogP contribution in [-0.2, 0) is 13.6 Å². The third-order valence-electron chi connectivity index (χ3n) is 3.22. The van der Waals surface area contributed by atoms with E-state index < -0.39 is 0 Å². The Morgan fingerprint density at radius 3 is 2.88 bits per heavy atom. The second kappa shape index (κ2) is 11.7. The minimum Gasteiger partial charge on any atom is -0.493 e. The average molecular weight is 386 g/mol. The lowest BCUT2D eigenvalue weighted by atomic mass is 10.2. The van der Waals surface area contributed by atoms with Crippen molar-refractivity contribution in [1.29, 1.82) is 0 Å². The van der Waals surface area contributed by atoms with E-state index in [0.717, 1.165) is 47.5 Å². The molecule has 0 fully saturated rings. The predicted molar refractivity (Wildman–Crippen MR) is 102 cm³/mol. The van der Waals surface area contributed by atoms with Crippen LogP contribution in [0.4, 0.5) is 0 Å². The number of rotatable bonds is 11. The van der Waals surface area contributed by atoms with Crippen molar-refractivity contribution in [1.82, 2.24) is 25.5 Å². The lowest BCUT2D eigenvalue weighted by Crippen LogP contribution is -2.15. The number of aryl methyl sites for hydroxylation is 1. The number of tetrazole rings is 1. The molecule has 0 aliphatic rings. The van der Waals surface area contributed by atoms with E-state index in [0.29, 0.717) is 6.61 Å². The van der Waals surface area contributed by atoms with E-state index in [4.69, 9.17) is 9.47 Å². The normalized spacial score (nSPS) is 10.2. The van der Waals surface area contributed by atoms with Gasteiger partial charge in [-0.05, 0) is 41.1 Å². The molecule has 1 heterocycles. The summed E-state index contributed by atoms with van der Waals surface area (Å²) in [5, 5.41) is 15.6. The minimum absolute atomic E-state index is 0. The number of hydrogen-bond acceptors (Lipinski definition) is 7. The topological polar surface area (TPSA) is 74.1 Å². The molecule has 1 aromatic carbocycles. The van der Waals surface area contributed by atoms with Crippen molar-refractivity contribution >= 4 is 24.2 Å². The maximum absolute atomic E-state index is 5.55. The summed E-state index contributed by atoms with van der Waals surface area (Å²) >= 11 is 1.66. The van der Waals surface area contributed by atoms with Crippen molar-refractivity contribution in [2.24, 2.45) is 7.05 Å². The van der Waals surface area contributed by atoms with Gasteiger partial charge < -0.3 is 14.8 Å². The number of aromatic nitrogens is 4. The van der Waals surface area contributed by atoms with E-state index in [1.165, 1.54) is 0 Å². The van der Waals surface area contributed by atoms with Crippen molar-refractivity contribution in [3.63, 3.8) is 0 Å². The summed E-state index contributed by atoms with van der Waals surface area (Å²) in [6, 6.07) is 5.95. The summed E-state index contributed by atoms with van der Waals surface area (Å²) in [5.41, 5.74) is 1.16. The van der Waals surface area contributed by atoms with Gasteiger partial charge in [0.15, 0.2) is 11.5 Å². The first-order valence-electron chi connectivity index (χ1n) is 7.71. The van der Waals surface area contributed by atoms with E-state index in [1.807, 2.05) is 25.2 Å². The summed E-state index contributed by atoms with van der Waals surface area (Å²) in [6.45, 7) is 5.82. The van der Waals surface area contributed by atoms with E-state index in [9.17, 15) is 0 Å². The van der Waals surface area contributed by atoms with Crippen LogP contribution in [0.25, 0.3) is 0 Å². The zero-order chi connectivity index (χ0) is 17.2. The second-order valence-corrected chi connectivity index (χ2v) is 6.11. The van der Waals surface area contributed by atoms with Crippen LogP contribution in [0.15, 0.2) is 36.0 Å². The summed E-state index contributed by atoms with van der Waals surface area (Å²) in [5.74, 6) is 2.44. The van der Waals surface area contributed by atoms with E-state index in [-0.39, 0.29) is 12.4 Å². The van der Waals surface area contributed by atoms with E-state index in [1.54, 1.807) is 29.6 Å². The van der Waals surface area contributed by atoms with E-state index >= 15 is 0 Å². The zero-order valence-corrected chi connectivity index (χ0v) is 16.1. The molecular formula is C16H24ClN5O2S. The molecule has 0 spiro atoms. The predicted octanol–water partition coefficient (Wildman–Crippen LogP) is 2.48. The summed E-state index contributed by atoms with van der Waals surface area (Å²) in [4.78, 5) is 0. The van der Waals surface area contributed by atoms with Gasteiger partial charge in [0.1, 0.15) is 6.61 Å². The number of ether oxygens (including phenoxy) is 2. The van der Waals surface area contributed by atoms with Crippen LogP contribution in [-0.4, -0.2) is 46.2 Å². The molecule has 138 valence electrons. The van der Waals surface area contributed by atoms with Crippen LogP contribution in [0.2, 0.25) is 0 Å². The molecule has 0 unspecified atom stereocenters. The van der Waals surface area contributed by atoms with Crippen molar-refractivity contribution in [2.45, 2.75) is 18.1 Å². The molecule has 25 heavy (non-hydrogen) atoms. The molecular weight excluding hydrogens is 362 g/mol. The quantitative estimate of drug-likeness (QED) is 0.362. The summed E-state index contributed by atoms with van der Waals surface area (Å²) in [6.07, 6.45) is 2.75. The molecule has 0 bridgehead atoms. The lowest BCUT2D eigenvalue weighted by Gasteiger charge is -2.11. The van der Waals surface area contributed by atoms with Gasteiger partial charge in [-0.3, -0.25) is 0 Å². The first kappa shape index (κ1) is 21.3. The third-order valence-corrected chi connectivity index (χ3v) is 4.32. The fraction of sp³-hybridized carbons (Fsp3) is 0.438. The monoisotopic (exact) mass is 385 g/mol. The number of halogens is 1. The van der Waals surface area contributed by atoms with Crippen LogP contribution < -0.4 is 14.8 Å². The molecule has 0 atom stereocenters. The van der Waals surface area contributed by atoms with Gasteiger partial charge in [-0.2, -0.15) is 0 Å². The fourth-order valence-corrected chi connectivity index (χ4v) is 2.82. The SMILES string of the molecule is C=CCOc1ccc(CNCCCSc2nnnn2C)cc1OC.Cl. The fourth-order valence-electron chi connectivity index (χ4n) is 2.03. The number of nitrogens with zero attached hydrogens (tertiary/aromatic N) is 4. The third kappa shape index (κ3) is 6.93. The Labute approximate surface area is 158 Å². The highest BCUT2D eigenvalue weighted by atomic mass is 35.5. The highest BCUT2D eigenvalue weighted by Gasteiger charge is 2.05. The molecule has 0 aliphatic heterocycles. The number of nitrogens with one attached hydrogen (secondary N) is 1. The van der Waals surface area contributed by atoms with Crippen LogP contribution in [0.3, 0.4) is 0 Å². The maximum atomic E-state index is 5.55. The van der Waals surface area contributed by atoms with Crippen molar-refractivity contribution < 1.29 is 9.47 Å². The van der Waals surface area contributed by atoms with Gasteiger partial charge in [-0.25, -0.2) is 4.68 Å². The van der Waals surface area contributed by atoms with Gasteiger partial charge in [-0.15, -0.1) is 17.5 Å². The molecule has 1 aromatic heterocycles. The molecule has 9 heteroatoms. The highest BCUT2D eigenvalue weighted by molar-refractivity contribution is 7.99. The average Bonchev–Trinajstić information content (AvgIpc) is 3.01. The molecule has 0 aliphatic carbocycles. The number of methoxy groups -OCH3 is 1. The smallest absolute Gasteiger partial charge is 0.209 e. The van der Waals surface area contributed by atoms with Gasteiger partial charge in [0.05, 0.1) is 7.11 Å². The van der Waals surface area contributed by atoms with Crippen LogP contribution in [0, 0.1) is 0 Å². The first-order valence-corrected chi connectivity index (χ1v) is 8.69. The van der Waals surface area contributed by atoms with Crippen molar-refractivity contribution in [3.8, 4) is 11.5 Å². The first-order chi connectivity index (χ1) is 11.7. The molecule has 2 aromatic rings. The summed E-state index contributed by atoms with van der Waals surface area (Å²) in [7, 11) is 3.49. The van der Waals surface area contributed by atoms with E-state index in [2.05, 4.69) is 27.4 Å². The van der Waals surface area contributed by atoms with Crippen LogP contribution in [0.1, 0.15) is 12.0 Å². The molecule has 0 amide bonds. The summed E-state index contributed by atoms with van der Waals surface area (Å²) < 4.78 is 12.6. The van der Waals surface area contributed by atoms with Gasteiger partial charge in [-0.1, -0.05) is 30.5 Å². The maximum Gasteiger partial charge on any atom is 0.209 e. The standard InChI is InChI=1S/C16H23N5O2S.ClH/c1-4-9-23-14-7-6-13(11-15(14)22-3)12-17-8-5-10-24-16-18-19-20-21(16)2;/h4,6-7,11,17H,1,5,8-10,12H2,2-3H3;1H. The van der Waals surface area contributed by atoms with Crippen LogP contribution in [0.5, 0.6) is 11.5 Å². The number of thioether (sulfide) groups is 1. The molecule has 0 saturated heterocycles. The van der Waals surface area contributed by atoms with Gasteiger partial charge in [0.2, 0.25) is 5.16 Å².